The maximum Gasteiger partial charge on any atom is 0.235 e. The zero-order valence-electron chi connectivity index (χ0n) is 40.3. The van der Waals surface area contributed by atoms with Crippen LogP contribution in [0.1, 0.15) is 0 Å². The van der Waals surface area contributed by atoms with Crippen molar-refractivity contribution in [3.63, 3.8) is 0 Å². The largest absolute Gasteiger partial charge is 0.309 e. The molecule has 74 heavy (non-hydrogen) atoms. The molecule has 0 bridgehead atoms. The number of fused-ring (bicyclic) bond motifs is 6. The van der Waals surface area contributed by atoms with Gasteiger partial charge >= 0.3 is 0 Å². The van der Waals surface area contributed by atoms with Gasteiger partial charge in [0.2, 0.25) is 5.95 Å². The van der Waals surface area contributed by atoms with E-state index in [9.17, 15) is 0 Å². The SMILES string of the molecule is c1ccc(-c2ccc(-c3cc(-c4ccc(-c5ccccc5)cc4)nc(-n4c5ccc(-c6ccccc6)cc5c5cc(-c6ccc7c(c6)c6cc(-c8ccccc8)ccc6n7-c6ccccc6)ccc54)n3)cc2)cc1. The first-order chi connectivity index (χ1) is 36.7. The molecule has 3 aromatic heterocycles. The first-order valence-electron chi connectivity index (χ1n) is 25.2. The van der Waals surface area contributed by atoms with Crippen molar-refractivity contribution in [2.24, 2.45) is 0 Å². The van der Waals surface area contributed by atoms with Gasteiger partial charge in [-0.05, 0) is 122 Å². The molecule has 0 atom stereocenters. The molecule has 14 rings (SSSR count). The molecule has 4 heteroatoms. The highest BCUT2D eigenvalue weighted by molar-refractivity contribution is 6.14. The van der Waals surface area contributed by atoms with Crippen molar-refractivity contribution in [2.45, 2.75) is 0 Å². The highest BCUT2D eigenvalue weighted by Crippen LogP contribution is 2.41. The number of rotatable bonds is 9. The summed E-state index contributed by atoms with van der Waals surface area (Å²) in [6.45, 7) is 0. The average Bonchev–Trinajstić information content (AvgIpc) is 4.00. The lowest BCUT2D eigenvalue weighted by molar-refractivity contribution is 0.996. The van der Waals surface area contributed by atoms with Crippen molar-refractivity contribution in [3.8, 4) is 89.8 Å². The molecular formula is C70H46N4. The zero-order chi connectivity index (χ0) is 49.0. The minimum atomic E-state index is 0.612. The molecule has 0 fully saturated rings. The fourth-order valence-electron chi connectivity index (χ4n) is 10.9. The first-order valence-corrected chi connectivity index (χ1v) is 25.2. The maximum atomic E-state index is 5.47. The molecule has 0 radical (unpaired) electrons. The van der Waals surface area contributed by atoms with Crippen LogP contribution in [0.25, 0.3) is 133 Å². The summed E-state index contributed by atoms with van der Waals surface area (Å²) in [4.78, 5) is 10.9. The van der Waals surface area contributed by atoms with Crippen molar-refractivity contribution in [2.75, 3.05) is 0 Å². The Morgan fingerprint density at radius 2 is 0.459 bits per heavy atom. The van der Waals surface area contributed by atoms with Crippen LogP contribution < -0.4 is 0 Å². The van der Waals surface area contributed by atoms with E-state index in [-0.39, 0.29) is 0 Å². The Hall–Kier alpha value is -9.90. The number of hydrogen-bond acceptors (Lipinski definition) is 2. The fraction of sp³-hybridized carbons (Fsp3) is 0. The van der Waals surface area contributed by atoms with Gasteiger partial charge in [0.05, 0.1) is 33.5 Å². The molecule has 346 valence electrons. The standard InChI is InChI=1S/C70H46N4/c1-6-16-47(17-7-1)51-26-30-53(31-27-51)64-46-65(54-32-28-52(29-33-54)48-18-8-2-9-19-48)72-70(71-64)74-68-40-35-56(50-22-12-4-13-23-50)43-62(68)63-45-58(37-41-69(63)74)57-36-39-67-61(44-57)60-42-55(49-20-10-3-11-21-49)34-38-66(60)73(67)59-24-14-5-15-25-59/h1-46H. The Labute approximate surface area is 429 Å². The van der Waals surface area contributed by atoms with Gasteiger partial charge in [-0.3, -0.25) is 4.57 Å². The number of nitrogens with zero attached hydrogens (tertiary/aromatic N) is 4. The molecule has 0 amide bonds. The van der Waals surface area contributed by atoms with Gasteiger partial charge in [-0.25, -0.2) is 9.97 Å². The summed E-state index contributed by atoms with van der Waals surface area (Å²) in [5.74, 6) is 0.612. The van der Waals surface area contributed by atoms with E-state index in [4.69, 9.17) is 9.97 Å². The second-order valence-electron chi connectivity index (χ2n) is 19.0. The van der Waals surface area contributed by atoms with E-state index >= 15 is 0 Å². The van der Waals surface area contributed by atoms with Crippen molar-refractivity contribution in [3.05, 3.63) is 279 Å². The molecule has 0 unspecified atom stereocenters. The number of hydrogen-bond donors (Lipinski definition) is 0. The minimum Gasteiger partial charge on any atom is -0.309 e. The molecule has 0 spiro atoms. The van der Waals surface area contributed by atoms with Gasteiger partial charge in [0.15, 0.2) is 0 Å². The lowest BCUT2D eigenvalue weighted by Crippen LogP contribution is -2.04. The Morgan fingerprint density at radius 3 is 0.811 bits per heavy atom. The summed E-state index contributed by atoms with van der Waals surface area (Å²) >= 11 is 0. The van der Waals surface area contributed by atoms with Crippen molar-refractivity contribution < 1.29 is 0 Å². The third kappa shape index (κ3) is 7.65. The Balaban J connectivity index is 0.962. The predicted octanol–water partition coefficient (Wildman–Crippen LogP) is 18.3. The Bertz CT molecular complexity index is 4250. The summed E-state index contributed by atoms with van der Waals surface area (Å²) in [5.41, 5.74) is 21.0. The molecule has 0 saturated heterocycles. The maximum absolute atomic E-state index is 5.47. The van der Waals surface area contributed by atoms with Gasteiger partial charge in [-0.2, -0.15) is 0 Å². The lowest BCUT2D eigenvalue weighted by Gasteiger charge is -2.13. The zero-order valence-corrected chi connectivity index (χ0v) is 40.3. The van der Waals surface area contributed by atoms with Crippen LogP contribution in [-0.4, -0.2) is 19.1 Å². The summed E-state index contributed by atoms with van der Waals surface area (Å²) in [5, 5.41) is 4.68. The molecule has 14 aromatic rings. The molecule has 0 aliphatic rings. The highest BCUT2D eigenvalue weighted by atomic mass is 15.2. The van der Waals surface area contributed by atoms with Gasteiger partial charge in [-0.15, -0.1) is 0 Å². The van der Waals surface area contributed by atoms with Crippen LogP contribution in [0, 0.1) is 0 Å². The lowest BCUT2D eigenvalue weighted by atomic mass is 9.98. The summed E-state index contributed by atoms with van der Waals surface area (Å²) in [6.07, 6.45) is 0. The number of benzene rings is 11. The van der Waals surface area contributed by atoms with Crippen LogP contribution in [-0.2, 0) is 0 Å². The second kappa shape index (κ2) is 18.1. The van der Waals surface area contributed by atoms with Gasteiger partial charge in [0.25, 0.3) is 0 Å². The minimum absolute atomic E-state index is 0.612. The van der Waals surface area contributed by atoms with Crippen molar-refractivity contribution in [1.29, 1.82) is 0 Å². The van der Waals surface area contributed by atoms with Crippen LogP contribution in [0.2, 0.25) is 0 Å². The highest BCUT2D eigenvalue weighted by Gasteiger charge is 2.20. The van der Waals surface area contributed by atoms with Gasteiger partial charge in [-0.1, -0.05) is 212 Å². The van der Waals surface area contributed by atoms with E-state index < -0.39 is 0 Å². The van der Waals surface area contributed by atoms with E-state index in [2.05, 4.69) is 288 Å². The van der Waals surface area contributed by atoms with Gasteiger partial charge in [0.1, 0.15) is 0 Å². The molecular weight excluding hydrogens is 897 g/mol. The van der Waals surface area contributed by atoms with Crippen molar-refractivity contribution in [1.82, 2.24) is 19.1 Å². The Morgan fingerprint density at radius 1 is 0.203 bits per heavy atom. The topological polar surface area (TPSA) is 35.6 Å². The molecule has 3 heterocycles. The van der Waals surface area contributed by atoms with Crippen LogP contribution in [0.5, 0.6) is 0 Å². The van der Waals surface area contributed by atoms with E-state index in [0.717, 1.165) is 77.8 Å². The molecule has 0 saturated carbocycles. The van der Waals surface area contributed by atoms with Crippen LogP contribution in [0.3, 0.4) is 0 Å². The fourth-order valence-corrected chi connectivity index (χ4v) is 10.9. The Kier molecular flexibility index (Phi) is 10.5. The summed E-state index contributed by atoms with van der Waals surface area (Å²) in [6, 6.07) is 100. The van der Waals surface area contributed by atoms with E-state index in [1.807, 2.05) is 0 Å². The van der Waals surface area contributed by atoms with Gasteiger partial charge < -0.3 is 4.57 Å². The van der Waals surface area contributed by atoms with E-state index in [1.54, 1.807) is 0 Å². The molecule has 4 nitrogen and oxygen atoms in total. The third-order valence-electron chi connectivity index (χ3n) is 14.6. The number of aromatic nitrogens is 4. The number of para-hydroxylation sites is 1. The van der Waals surface area contributed by atoms with Crippen molar-refractivity contribution >= 4 is 43.6 Å². The monoisotopic (exact) mass is 942 g/mol. The van der Waals surface area contributed by atoms with Crippen LogP contribution >= 0.6 is 0 Å². The average molecular weight is 943 g/mol. The quantitative estimate of drug-likeness (QED) is 0.145. The van der Waals surface area contributed by atoms with Gasteiger partial charge in [0, 0.05) is 38.4 Å². The second-order valence-corrected chi connectivity index (χ2v) is 19.0. The van der Waals surface area contributed by atoms with Crippen LogP contribution in [0.15, 0.2) is 279 Å². The smallest absolute Gasteiger partial charge is 0.235 e. The molecule has 0 aliphatic heterocycles. The third-order valence-corrected chi connectivity index (χ3v) is 14.6. The van der Waals surface area contributed by atoms with E-state index in [0.29, 0.717) is 5.95 Å². The predicted molar refractivity (Wildman–Crippen MR) is 309 cm³/mol. The first kappa shape index (κ1) is 42.9. The van der Waals surface area contributed by atoms with Crippen LogP contribution in [0.4, 0.5) is 0 Å². The van der Waals surface area contributed by atoms with E-state index in [1.165, 1.54) is 49.6 Å². The summed E-state index contributed by atoms with van der Waals surface area (Å²) in [7, 11) is 0. The summed E-state index contributed by atoms with van der Waals surface area (Å²) < 4.78 is 4.65. The molecule has 0 aliphatic carbocycles. The molecule has 0 N–H and O–H groups in total. The normalized spacial score (nSPS) is 11.5. The molecule has 11 aromatic carbocycles.